The molecule has 2 amide bonds. The molecule has 0 spiro atoms. The standard InChI is InChI=1S/C15H14FN5O2S/c1-17-13(22)14(23)18-6-5-11-8-24-15-19-12(20-21(11)15)9-3-2-4-10(16)7-9/h2-4,7-8H,5-6H2,1H3,(H,17,22)(H,18,23). The summed E-state index contributed by atoms with van der Waals surface area (Å²) < 4.78 is 15.0. The third kappa shape index (κ3) is 3.25. The van der Waals surface area contributed by atoms with Gasteiger partial charge in [0.2, 0.25) is 4.96 Å². The summed E-state index contributed by atoms with van der Waals surface area (Å²) >= 11 is 1.41. The highest BCUT2D eigenvalue weighted by Gasteiger charge is 2.13. The van der Waals surface area contributed by atoms with Crippen molar-refractivity contribution in [2.24, 2.45) is 0 Å². The molecular weight excluding hydrogens is 333 g/mol. The average molecular weight is 347 g/mol. The molecule has 2 heterocycles. The fraction of sp³-hybridized carbons (Fsp3) is 0.200. The summed E-state index contributed by atoms with van der Waals surface area (Å²) in [4.78, 5) is 27.6. The van der Waals surface area contributed by atoms with E-state index in [0.29, 0.717) is 29.3 Å². The maximum atomic E-state index is 13.3. The highest BCUT2D eigenvalue weighted by Crippen LogP contribution is 2.21. The minimum absolute atomic E-state index is 0.299. The van der Waals surface area contributed by atoms with Crippen LogP contribution in [0, 0.1) is 5.82 Å². The summed E-state index contributed by atoms with van der Waals surface area (Å²) in [5.74, 6) is -1.26. The van der Waals surface area contributed by atoms with Crippen molar-refractivity contribution >= 4 is 28.1 Å². The maximum absolute atomic E-state index is 13.3. The van der Waals surface area contributed by atoms with E-state index in [1.54, 1.807) is 16.6 Å². The molecule has 24 heavy (non-hydrogen) atoms. The Hall–Kier alpha value is -2.81. The van der Waals surface area contributed by atoms with E-state index < -0.39 is 11.8 Å². The first-order valence-corrected chi connectivity index (χ1v) is 8.05. The monoisotopic (exact) mass is 347 g/mol. The molecular formula is C15H14FN5O2S. The van der Waals surface area contributed by atoms with Crippen LogP contribution in [0.2, 0.25) is 0 Å². The molecule has 3 rings (SSSR count). The minimum atomic E-state index is -0.681. The Morgan fingerprint density at radius 1 is 1.33 bits per heavy atom. The van der Waals surface area contributed by atoms with E-state index in [4.69, 9.17) is 0 Å². The SMILES string of the molecule is CNC(=O)C(=O)NCCc1csc2nc(-c3cccc(F)c3)nn12. The number of thiazole rings is 1. The molecule has 124 valence electrons. The van der Waals surface area contributed by atoms with Crippen LogP contribution in [0.5, 0.6) is 0 Å². The molecule has 7 nitrogen and oxygen atoms in total. The predicted molar refractivity (Wildman–Crippen MR) is 87.0 cm³/mol. The predicted octanol–water partition coefficient (Wildman–Crippen LogP) is 1.00. The lowest BCUT2D eigenvalue weighted by Crippen LogP contribution is -2.39. The molecule has 0 radical (unpaired) electrons. The van der Waals surface area contributed by atoms with Gasteiger partial charge in [-0.2, -0.15) is 4.98 Å². The number of aromatic nitrogens is 3. The molecule has 0 bridgehead atoms. The summed E-state index contributed by atoms with van der Waals surface area (Å²) in [6.07, 6.45) is 0.495. The largest absolute Gasteiger partial charge is 0.351 e. The van der Waals surface area contributed by atoms with E-state index in [-0.39, 0.29) is 5.82 Å². The van der Waals surface area contributed by atoms with E-state index in [1.807, 2.05) is 5.38 Å². The normalized spacial score (nSPS) is 10.8. The van der Waals surface area contributed by atoms with Gasteiger partial charge in [0.25, 0.3) is 0 Å². The number of nitrogens with one attached hydrogen (secondary N) is 2. The van der Waals surface area contributed by atoms with Crippen LogP contribution >= 0.6 is 11.3 Å². The Balaban J connectivity index is 1.74. The quantitative estimate of drug-likeness (QED) is 0.689. The van der Waals surface area contributed by atoms with E-state index >= 15 is 0 Å². The topological polar surface area (TPSA) is 88.4 Å². The van der Waals surface area contributed by atoms with Gasteiger partial charge in [-0.25, -0.2) is 8.91 Å². The van der Waals surface area contributed by atoms with Crippen molar-refractivity contribution in [2.45, 2.75) is 6.42 Å². The van der Waals surface area contributed by atoms with Crippen LogP contribution in [0.15, 0.2) is 29.6 Å². The van der Waals surface area contributed by atoms with E-state index in [9.17, 15) is 14.0 Å². The minimum Gasteiger partial charge on any atom is -0.351 e. The lowest BCUT2D eigenvalue weighted by molar-refractivity contribution is -0.138. The maximum Gasteiger partial charge on any atom is 0.309 e. The van der Waals surface area contributed by atoms with Gasteiger partial charge in [-0.3, -0.25) is 9.59 Å². The summed E-state index contributed by atoms with van der Waals surface area (Å²) in [5, 5.41) is 11.1. The number of nitrogens with zero attached hydrogens (tertiary/aromatic N) is 3. The number of likely N-dealkylation sites (N-methyl/N-ethyl adjacent to an activating group) is 1. The van der Waals surface area contributed by atoms with Crippen LogP contribution in [-0.4, -0.2) is 40.0 Å². The molecule has 0 atom stereocenters. The first kappa shape index (κ1) is 16.1. The van der Waals surface area contributed by atoms with Crippen LogP contribution < -0.4 is 10.6 Å². The van der Waals surface area contributed by atoms with Crippen molar-refractivity contribution in [3.63, 3.8) is 0 Å². The summed E-state index contributed by atoms with van der Waals surface area (Å²) in [6.45, 7) is 0.299. The fourth-order valence-corrected chi connectivity index (χ4v) is 3.00. The van der Waals surface area contributed by atoms with Gasteiger partial charge >= 0.3 is 11.8 Å². The molecule has 2 N–H and O–H groups in total. The molecule has 1 aromatic carbocycles. The van der Waals surface area contributed by atoms with Crippen LogP contribution in [0.3, 0.4) is 0 Å². The van der Waals surface area contributed by atoms with E-state index in [2.05, 4.69) is 20.7 Å². The van der Waals surface area contributed by atoms with Gasteiger partial charge in [-0.1, -0.05) is 12.1 Å². The lowest BCUT2D eigenvalue weighted by Gasteiger charge is -2.02. The van der Waals surface area contributed by atoms with Crippen LogP contribution in [0.4, 0.5) is 4.39 Å². The van der Waals surface area contributed by atoms with Gasteiger partial charge in [0.15, 0.2) is 5.82 Å². The van der Waals surface area contributed by atoms with Crippen LogP contribution in [0.1, 0.15) is 5.69 Å². The molecule has 0 unspecified atom stereocenters. The Morgan fingerprint density at radius 3 is 2.92 bits per heavy atom. The second-order valence-electron chi connectivity index (χ2n) is 4.95. The van der Waals surface area contributed by atoms with Crippen molar-refractivity contribution in [1.82, 2.24) is 25.2 Å². The molecule has 0 saturated carbocycles. The van der Waals surface area contributed by atoms with Crippen LogP contribution in [-0.2, 0) is 16.0 Å². The number of hydrogen-bond acceptors (Lipinski definition) is 5. The molecule has 0 fully saturated rings. The zero-order valence-corrected chi connectivity index (χ0v) is 13.6. The highest BCUT2D eigenvalue weighted by atomic mass is 32.1. The second-order valence-corrected chi connectivity index (χ2v) is 5.79. The van der Waals surface area contributed by atoms with E-state index in [0.717, 1.165) is 5.69 Å². The van der Waals surface area contributed by atoms with Gasteiger partial charge in [0, 0.05) is 31.0 Å². The molecule has 2 aromatic heterocycles. The number of rotatable bonds is 4. The number of benzene rings is 1. The average Bonchev–Trinajstić information content (AvgIpc) is 3.15. The molecule has 3 aromatic rings. The first-order valence-electron chi connectivity index (χ1n) is 7.17. The number of carbonyl (C=O) groups is 2. The lowest BCUT2D eigenvalue weighted by atomic mass is 10.2. The summed E-state index contributed by atoms with van der Waals surface area (Å²) in [5.41, 5.74) is 1.45. The Kier molecular flexibility index (Phi) is 4.52. The Labute approximate surface area is 140 Å². The zero-order valence-electron chi connectivity index (χ0n) is 12.7. The fourth-order valence-electron chi connectivity index (χ4n) is 2.14. The third-order valence-electron chi connectivity index (χ3n) is 3.33. The Bertz CT molecular complexity index is 904. The Morgan fingerprint density at radius 2 is 2.17 bits per heavy atom. The molecule has 0 aliphatic heterocycles. The number of amides is 2. The van der Waals surface area contributed by atoms with E-state index in [1.165, 1.54) is 30.5 Å². The first-order chi connectivity index (χ1) is 11.6. The number of carbonyl (C=O) groups excluding carboxylic acids is 2. The third-order valence-corrected chi connectivity index (χ3v) is 4.20. The smallest absolute Gasteiger partial charge is 0.309 e. The van der Waals surface area contributed by atoms with Gasteiger partial charge in [-0.15, -0.1) is 16.4 Å². The number of halogens is 1. The van der Waals surface area contributed by atoms with Crippen molar-refractivity contribution in [1.29, 1.82) is 0 Å². The number of fused-ring (bicyclic) bond motifs is 1. The summed E-state index contributed by atoms with van der Waals surface area (Å²) in [7, 11) is 1.40. The second kappa shape index (κ2) is 6.75. The molecule has 0 aliphatic rings. The molecule has 9 heteroatoms. The molecule has 0 saturated heterocycles. The zero-order chi connectivity index (χ0) is 17.1. The van der Waals surface area contributed by atoms with Crippen molar-refractivity contribution in [3.8, 4) is 11.4 Å². The van der Waals surface area contributed by atoms with Gasteiger partial charge < -0.3 is 10.6 Å². The van der Waals surface area contributed by atoms with Crippen LogP contribution in [0.25, 0.3) is 16.3 Å². The van der Waals surface area contributed by atoms with Crippen molar-refractivity contribution in [2.75, 3.05) is 13.6 Å². The van der Waals surface area contributed by atoms with Gasteiger partial charge in [-0.05, 0) is 12.1 Å². The summed E-state index contributed by atoms with van der Waals surface area (Å²) in [6, 6.07) is 6.09. The number of hydrogen-bond donors (Lipinski definition) is 2. The van der Waals surface area contributed by atoms with Gasteiger partial charge in [0.05, 0.1) is 5.69 Å². The molecule has 0 aliphatic carbocycles. The van der Waals surface area contributed by atoms with Crippen molar-refractivity contribution < 1.29 is 14.0 Å². The van der Waals surface area contributed by atoms with Crippen molar-refractivity contribution in [3.05, 3.63) is 41.2 Å². The van der Waals surface area contributed by atoms with Gasteiger partial charge in [0.1, 0.15) is 5.82 Å². The highest BCUT2D eigenvalue weighted by molar-refractivity contribution is 7.15.